The van der Waals surface area contributed by atoms with Crippen LogP contribution in [0.1, 0.15) is 38.8 Å². The van der Waals surface area contributed by atoms with Gasteiger partial charge in [-0.1, -0.05) is 19.9 Å². The van der Waals surface area contributed by atoms with E-state index in [-0.39, 0.29) is 6.10 Å². The largest absolute Gasteiger partial charge is 0.393 e. The highest BCUT2D eigenvalue weighted by atomic mass is 16.3. The van der Waals surface area contributed by atoms with Gasteiger partial charge in [-0.25, -0.2) is 4.98 Å². The summed E-state index contributed by atoms with van der Waals surface area (Å²) in [6.45, 7) is 9.10. The summed E-state index contributed by atoms with van der Waals surface area (Å²) in [6.07, 6.45) is 2.63. The van der Waals surface area contributed by atoms with Gasteiger partial charge in [-0.05, 0) is 37.4 Å². The summed E-state index contributed by atoms with van der Waals surface area (Å²) in [4.78, 5) is 6.83. The Bertz CT molecular complexity index is 393. The molecule has 0 amide bonds. The van der Waals surface area contributed by atoms with Crippen molar-refractivity contribution in [2.45, 2.75) is 39.3 Å². The summed E-state index contributed by atoms with van der Waals surface area (Å²) in [5, 5.41) is 13.1. The lowest BCUT2D eigenvalue weighted by molar-refractivity contribution is 0.0969. The van der Waals surface area contributed by atoms with Gasteiger partial charge in [0.05, 0.1) is 6.10 Å². The fourth-order valence-corrected chi connectivity index (χ4v) is 2.61. The van der Waals surface area contributed by atoms with Crippen LogP contribution in [0.15, 0.2) is 18.3 Å². The maximum absolute atomic E-state index is 9.76. The second kappa shape index (κ2) is 6.35. The Hall–Kier alpha value is -1.13. The molecule has 0 radical (unpaired) electrons. The van der Waals surface area contributed by atoms with Crippen LogP contribution in [0.5, 0.6) is 0 Å². The molecule has 0 saturated carbocycles. The van der Waals surface area contributed by atoms with Crippen molar-refractivity contribution in [3.8, 4) is 0 Å². The first-order chi connectivity index (χ1) is 9.11. The van der Waals surface area contributed by atoms with Crippen LogP contribution in [0.2, 0.25) is 0 Å². The SMILES string of the molecule is CCNC(C)c1ccc(N2CCC(O)C(C)C2)nc1. The van der Waals surface area contributed by atoms with E-state index in [9.17, 15) is 5.11 Å². The number of nitrogens with one attached hydrogen (secondary N) is 1. The Morgan fingerprint density at radius 2 is 2.32 bits per heavy atom. The lowest BCUT2D eigenvalue weighted by atomic mass is 9.97. The quantitative estimate of drug-likeness (QED) is 0.872. The Kier molecular flexibility index (Phi) is 4.77. The molecule has 2 heterocycles. The predicted octanol–water partition coefficient (Wildman–Crippen LogP) is 1.96. The molecule has 3 atom stereocenters. The van der Waals surface area contributed by atoms with Crippen molar-refractivity contribution in [3.63, 3.8) is 0 Å². The van der Waals surface area contributed by atoms with E-state index in [1.807, 2.05) is 6.20 Å². The van der Waals surface area contributed by atoms with Gasteiger partial charge in [-0.2, -0.15) is 0 Å². The molecular formula is C15H25N3O. The van der Waals surface area contributed by atoms with Crippen LogP contribution in [0.3, 0.4) is 0 Å². The van der Waals surface area contributed by atoms with Crippen LogP contribution >= 0.6 is 0 Å². The summed E-state index contributed by atoms with van der Waals surface area (Å²) >= 11 is 0. The molecule has 1 aromatic rings. The zero-order chi connectivity index (χ0) is 13.8. The summed E-state index contributed by atoms with van der Waals surface area (Å²) in [7, 11) is 0. The monoisotopic (exact) mass is 263 g/mol. The Labute approximate surface area is 115 Å². The topological polar surface area (TPSA) is 48.4 Å². The zero-order valence-corrected chi connectivity index (χ0v) is 12.1. The molecule has 1 fully saturated rings. The molecule has 0 aromatic carbocycles. The van der Waals surface area contributed by atoms with Crippen molar-refractivity contribution in [2.75, 3.05) is 24.5 Å². The van der Waals surface area contributed by atoms with Crippen LogP contribution in [-0.4, -0.2) is 35.8 Å². The minimum absolute atomic E-state index is 0.163. The Morgan fingerprint density at radius 3 is 2.89 bits per heavy atom. The van der Waals surface area contributed by atoms with E-state index >= 15 is 0 Å². The van der Waals surface area contributed by atoms with Crippen molar-refractivity contribution >= 4 is 5.82 Å². The highest BCUT2D eigenvalue weighted by Crippen LogP contribution is 2.22. The van der Waals surface area contributed by atoms with E-state index in [0.717, 1.165) is 31.9 Å². The number of pyridine rings is 1. The van der Waals surface area contributed by atoms with Gasteiger partial charge in [0, 0.05) is 25.3 Å². The second-order valence-corrected chi connectivity index (χ2v) is 5.51. The summed E-state index contributed by atoms with van der Waals surface area (Å²) in [5.74, 6) is 1.34. The first-order valence-electron chi connectivity index (χ1n) is 7.24. The Balaban J connectivity index is 2.02. The van der Waals surface area contributed by atoms with Crippen LogP contribution in [0, 0.1) is 5.92 Å². The molecule has 2 rings (SSSR count). The number of hydrogen-bond donors (Lipinski definition) is 2. The number of nitrogens with zero attached hydrogens (tertiary/aromatic N) is 2. The smallest absolute Gasteiger partial charge is 0.128 e. The number of aliphatic hydroxyl groups excluding tert-OH is 1. The zero-order valence-electron chi connectivity index (χ0n) is 12.1. The number of aliphatic hydroxyl groups is 1. The normalized spacial score (nSPS) is 25.4. The van der Waals surface area contributed by atoms with Crippen LogP contribution in [-0.2, 0) is 0 Å². The van der Waals surface area contributed by atoms with E-state index in [1.54, 1.807) is 0 Å². The van der Waals surface area contributed by atoms with Gasteiger partial charge in [0.2, 0.25) is 0 Å². The van der Waals surface area contributed by atoms with Crippen LogP contribution in [0.25, 0.3) is 0 Å². The Morgan fingerprint density at radius 1 is 1.53 bits per heavy atom. The van der Waals surface area contributed by atoms with Gasteiger partial charge in [0.1, 0.15) is 5.82 Å². The van der Waals surface area contributed by atoms with E-state index < -0.39 is 0 Å². The van der Waals surface area contributed by atoms with E-state index in [2.05, 4.69) is 48.1 Å². The molecule has 4 heteroatoms. The standard InChI is InChI=1S/C15H25N3O/c1-4-16-12(3)13-5-6-15(17-9-13)18-8-7-14(19)11(2)10-18/h5-6,9,11-12,14,16,19H,4,7-8,10H2,1-3H3. The summed E-state index contributed by atoms with van der Waals surface area (Å²) in [5.41, 5.74) is 1.22. The number of aromatic nitrogens is 1. The third kappa shape index (κ3) is 3.45. The lowest BCUT2D eigenvalue weighted by Gasteiger charge is -2.35. The molecule has 0 bridgehead atoms. The molecule has 3 unspecified atom stereocenters. The minimum atomic E-state index is -0.163. The molecule has 0 spiro atoms. The molecule has 1 aliphatic heterocycles. The predicted molar refractivity (Wildman–Crippen MR) is 78.3 cm³/mol. The number of rotatable bonds is 4. The first-order valence-corrected chi connectivity index (χ1v) is 7.24. The van der Waals surface area contributed by atoms with E-state index in [4.69, 9.17) is 0 Å². The van der Waals surface area contributed by atoms with Crippen LogP contribution in [0.4, 0.5) is 5.82 Å². The lowest BCUT2D eigenvalue weighted by Crippen LogP contribution is -2.42. The van der Waals surface area contributed by atoms with Gasteiger partial charge < -0.3 is 15.3 Å². The van der Waals surface area contributed by atoms with Gasteiger partial charge in [0.15, 0.2) is 0 Å². The molecule has 1 aliphatic rings. The van der Waals surface area contributed by atoms with Crippen molar-refractivity contribution < 1.29 is 5.11 Å². The summed E-state index contributed by atoms with van der Waals surface area (Å²) in [6, 6.07) is 4.58. The van der Waals surface area contributed by atoms with Crippen LogP contribution < -0.4 is 10.2 Å². The fraction of sp³-hybridized carbons (Fsp3) is 0.667. The average molecular weight is 263 g/mol. The molecule has 2 N–H and O–H groups in total. The molecule has 4 nitrogen and oxygen atoms in total. The number of hydrogen-bond acceptors (Lipinski definition) is 4. The molecule has 0 aliphatic carbocycles. The maximum Gasteiger partial charge on any atom is 0.128 e. The third-order valence-corrected chi connectivity index (χ3v) is 3.97. The summed E-state index contributed by atoms with van der Waals surface area (Å²) < 4.78 is 0. The van der Waals surface area contributed by atoms with E-state index in [1.165, 1.54) is 5.56 Å². The molecule has 1 aromatic heterocycles. The van der Waals surface area contributed by atoms with Gasteiger partial charge in [0.25, 0.3) is 0 Å². The molecule has 19 heavy (non-hydrogen) atoms. The molecular weight excluding hydrogens is 238 g/mol. The van der Waals surface area contributed by atoms with Crippen molar-refractivity contribution in [1.29, 1.82) is 0 Å². The van der Waals surface area contributed by atoms with Gasteiger partial charge in [-0.3, -0.25) is 0 Å². The number of piperidine rings is 1. The van der Waals surface area contributed by atoms with Crippen molar-refractivity contribution in [3.05, 3.63) is 23.9 Å². The highest BCUT2D eigenvalue weighted by molar-refractivity contribution is 5.40. The van der Waals surface area contributed by atoms with Gasteiger partial charge >= 0.3 is 0 Å². The first kappa shape index (κ1) is 14.3. The number of anilines is 1. The third-order valence-electron chi connectivity index (χ3n) is 3.97. The van der Waals surface area contributed by atoms with Gasteiger partial charge in [-0.15, -0.1) is 0 Å². The fourth-order valence-electron chi connectivity index (χ4n) is 2.61. The molecule has 106 valence electrons. The maximum atomic E-state index is 9.76. The minimum Gasteiger partial charge on any atom is -0.393 e. The molecule has 1 saturated heterocycles. The van der Waals surface area contributed by atoms with Crippen molar-refractivity contribution in [1.82, 2.24) is 10.3 Å². The average Bonchev–Trinajstić information content (AvgIpc) is 2.42. The van der Waals surface area contributed by atoms with E-state index in [0.29, 0.717) is 12.0 Å². The highest BCUT2D eigenvalue weighted by Gasteiger charge is 2.24. The second-order valence-electron chi connectivity index (χ2n) is 5.51. The van der Waals surface area contributed by atoms with Crippen molar-refractivity contribution in [2.24, 2.45) is 5.92 Å².